The van der Waals surface area contributed by atoms with Gasteiger partial charge in [0.25, 0.3) is 0 Å². The summed E-state index contributed by atoms with van der Waals surface area (Å²) in [5.74, 6) is -3.02. The molecule has 0 saturated carbocycles. The van der Waals surface area contributed by atoms with Gasteiger partial charge in [-0.2, -0.15) is 13.2 Å². The molecule has 0 aliphatic carbocycles. The summed E-state index contributed by atoms with van der Waals surface area (Å²) >= 11 is 0. The molecule has 2 rings (SSSR count). The highest BCUT2D eigenvalue weighted by atomic mass is 19.4. The minimum absolute atomic E-state index is 0.137. The van der Waals surface area contributed by atoms with Crippen molar-refractivity contribution in [3.05, 3.63) is 71.0 Å². The Hall–Kier alpha value is -3.43. The van der Waals surface area contributed by atoms with Gasteiger partial charge in [0, 0.05) is 19.8 Å². The third kappa shape index (κ3) is 6.79. The molecule has 6 nitrogen and oxygen atoms in total. The summed E-state index contributed by atoms with van der Waals surface area (Å²) in [5, 5.41) is 4.69. The van der Waals surface area contributed by atoms with E-state index in [0.717, 1.165) is 20.1 Å². The second kappa shape index (κ2) is 10.7. The lowest BCUT2D eigenvalue weighted by atomic mass is 9.99. The van der Waals surface area contributed by atoms with Gasteiger partial charge < -0.3 is 15.4 Å². The Bertz CT molecular complexity index is 978. The molecule has 2 atom stereocenters. The molecule has 0 aliphatic rings. The summed E-state index contributed by atoms with van der Waals surface area (Å²) < 4.78 is 58.6. The van der Waals surface area contributed by atoms with E-state index >= 15 is 0 Å². The highest BCUT2D eigenvalue weighted by molar-refractivity contribution is 5.90. The number of hydrogen-bond donors (Lipinski definition) is 2. The lowest BCUT2D eigenvalue weighted by Gasteiger charge is -2.23. The number of ether oxygens (including phenoxy) is 1. The number of esters is 1. The SMILES string of the molecule is COC(=O)[C@@H](Cc1ccccc1C(F)(F)F)NC(=O)[C@@H](Cc1ccccc1F)NC(C)=O. The molecule has 0 heterocycles. The number of rotatable bonds is 8. The van der Waals surface area contributed by atoms with Gasteiger partial charge in [-0.05, 0) is 23.3 Å². The molecule has 2 aromatic rings. The van der Waals surface area contributed by atoms with Crippen molar-refractivity contribution in [2.75, 3.05) is 7.11 Å². The molecule has 0 spiro atoms. The molecule has 2 N–H and O–H groups in total. The quantitative estimate of drug-likeness (QED) is 0.475. The number of amides is 2. The molecule has 0 saturated heterocycles. The maximum atomic E-state index is 14.0. The van der Waals surface area contributed by atoms with Gasteiger partial charge in [-0.3, -0.25) is 9.59 Å². The summed E-state index contributed by atoms with van der Waals surface area (Å²) in [4.78, 5) is 36.6. The van der Waals surface area contributed by atoms with Gasteiger partial charge in [-0.1, -0.05) is 36.4 Å². The van der Waals surface area contributed by atoms with Gasteiger partial charge in [0.1, 0.15) is 17.9 Å². The minimum atomic E-state index is -4.66. The number of alkyl halides is 3. The molecule has 2 aromatic carbocycles. The van der Waals surface area contributed by atoms with Gasteiger partial charge in [0.2, 0.25) is 11.8 Å². The Balaban J connectivity index is 2.28. The van der Waals surface area contributed by atoms with Crippen molar-refractivity contribution < 1.29 is 36.7 Å². The molecular formula is C22H22F4N2O4. The van der Waals surface area contributed by atoms with Crippen molar-refractivity contribution in [2.24, 2.45) is 0 Å². The van der Waals surface area contributed by atoms with Crippen LogP contribution >= 0.6 is 0 Å². The molecule has 10 heteroatoms. The van der Waals surface area contributed by atoms with E-state index in [0.29, 0.717) is 0 Å². The van der Waals surface area contributed by atoms with Gasteiger partial charge in [0.05, 0.1) is 12.7 Å². The lowest BCUT2D eigenvalue weighted by molar-refractivity contribution is -0.146. The Labute approximate surface area is 181 Å². The molecule has 172 valence electrons. The van der Waals surface area contributed by atoms with Crippen LogP contribution in [0.1, 0.15) is 23.6 Å². The third-order valence-corrected chi connectivity index (χ3v) is 4.62. The van der Waals surface area contributed by atoms with Gasteiger partial charge in [0.15, 0.2) is 0 Å². The van der Waals surface area contributed by atoms with Crippen LogP contribution in [-0.2, 0) is 38.1 Å². The zero-order valence-electron chi connectivity index (χ0n) is 17.3. The molecule has 0 aromatic heterocycles. The lowest BCUT2D eigenvalue weighted by Crippen LogP contribution is -2.53. The third-order valence-electron chi connectivity index (χ3n) is 4.62. The number of carbonyl (C=O) groups is 3. The second-order valence-corrected chi connectivity index (χ2v) is 6.99. The van der Waals surface area contributed by atoms with E-state index in [4.69, 9.17) is 0 Å². The summed E-state index contributed by atoms with van der Waals surface area (Å²) in [6.07, 6.45) is -5.39. The fourth-order valence-corrected chi connectivity index (χ4v) is 3.14. The van der Waals surface area contributed by atoms with Crippen LogP contribution in [0, 0.1) is 5.82 Å². The maximum Gasteiger partial charge on any atom is 0.416 e. The molecule has 32 heavy (non-hydrogen) atoms. The number of carbonyl (C=O) groups excluding carboxylic acids is 3. The van der Waals surface area contributed by atoms with Crippen LogP contribution in [0.15, 0.2) is 48.5 Å². The minimum Gasteiger partial charge on any atom is -0.467 e. The van der Waals surface area contributed by atoms with Gasteiger partial charge >= 0.3 is 12.1 Å². The first kappa shape index (κ1) is 24.8. The molecule has 0 fully saturated rings. The van der Waals surface area contributed by atoms with Crippen LogP contribution in [0.5, 0.6) is 0 Å². The monoisotopic (exact) mass is 454 g/mol. The van der Waals surface area contributed by atoms with Crippen molar-refractivity contribution in [3.63, 3.8) is 0 Å². The van der Waals surface area contributed by atoms with Crippen molar-refractivity contribution >= 4 is 17.8 Å². The van der Waals surface area contributed by atoms with Crippen molar-refractivity contribution in [1.29, 1.82) is 0 Å². The Morgan fingerprint density at radius 3 is 2.03 bits per heavy atom. The first-order valence-corrected chi connectivity index (χ1v) is 9.56. The Kier molecular flexibility index (Phi) is 8.34. The largest absolute Gasteiger partial charge is 0.467 e. The fraction of sp³-hybridized carbons (Fsp3) is 0.318. The Morgan fingerprint density at radius 1 is 0.906 bits per heavy atom. The average Bonchev–Trinajstić information content (AvgIpc) is 2.73. The number of benzene rings is 2. The van der Waals surface area contributed by atoms with Crippen molar-refractivity contribution in [3.8, 4) is 0 Å². The number of methoxy groups -OCH3 is 1. The first-order valence-electron chi connectivity index (χ1n) is 9.56. The van der Waals surface area contributed by atoms with Crippen LogP contribution < -0.4 is 10.6 Å². The number of halogens is 4. The summed E-state index contributed by atoms with van der Waals surface area (Å²) in [6.45, 7) is 1.15. The summed E-state index contributed by atoms with van der Waals surface area (Å²) in [7, 11) is 1.03. The fourth-order valence-electron chi connectivity index (χ4n) is 3.14. The predicted molar refractivity (Wildman–Crippen MR) is 107 cm³/mol. The van der Waals surface area contributed by atoms with Crippen LogP contribution in [0.2, 0.25) is 0 Å². The van der Waals surface area contributed by atoms with Crippen LogP contribution in [-0.4, -0.2) is 37.0 Å². The van der Waals surface area contributed by atoms with E-state index < -0.39 is 53.8 Å². The number of hydrogen-bond acceptors (Lipinski definition) is 4. The highest BCUT2D eigenvalue weighted by Gasteiger charge is 2.35. The molecular weight excluding hydrogens is 432 g/mol. The zero-order valence-corrected chi connectivity index (χ0v) is 17.3. The van der Waals surface area contributed by atoms with Crippen molar-refractivity contribution in [1.82, 2.24) is 10.6 Å². The molecule has 2 amide bonds. The van der Waals surface area contributed by atoms with E-state index in [1.165, 1.54) is 36.4 Å². The zero-order chi connectivity index (χ0) is 23.9. The predicted octanol–water partition coefficient (Wildman–Crippen LogP) is 2.79. The topological polar surface area (TPSA) is 84.5 Å². The standard InChI is InChI=1S/C22H22F4N2O4/c1-13(29)27-18(12-15-8-4-6-10-17(15)23)20(30)28-19(21(31)32-2)11-14-7-3-5-9-16(14)22(24,25)26/h3-10,18-19H,11-12H2,1-2H3,(H,27,29)(H,28,30)/t18-,19-/m1/s1. The van der Waals surface area contributed by atoms with Crippen molar-refractivity contribution in [2.45, 2.75) is 38.0 Å². The van der Waals surface area contributed by atoms with Crippen LogP contribution in [0.4, 0.5) is 17.6 Å². The van der Waals surface area contributed by atoms with E-state index in [1.807, 2.05) is 0 Å². The summed E-state index contributed by atoms with van der Waals surface area (Å²) in [5.41, 5.74) is -1.03. The molecule has 0 aliphatic heterocycles. The Morgan fingerprint density at radius 2 is 1.47 bits per heavy atom. The van der Waals surface area contributed by atoms with E-state index in [-0.39, 0.29) is 17.5 Å². The van der Waals surface area contributed by atoms with Crippen LogP contribution in [0.3, 0.4) is 0 Å². The maximum absolute atomic E-state index is 14.0. The average molecular weight is 454 g/mol. The smallest absolute Gasteiger partial charge is 0.416 e. The van der Waals surface area contributed by atoms with Gasteiger partial charge in [-0.25, -0.2) is 9.18 Å². The van der Waals surface area contributed by atoms with E-state index in [2.05, 4.69) is 15.4 Å². The van der Waals surface area contributed by atoms with E-state index in [1.54, 1.807) is 6.07 Å². The normalized spacial score (nSPS) is 13.1. The number of nitrogens with one attached hydrogen (secondary N) is 2. The molecule has 0 unspecified atom stereocenters. The summed E-state index contributed by atoms with van der Waals surface area (Å²) in [6, 6.07) is 7.52. The van der Waals surface area contributed by atoms with Crippen LogP contribution in [0.25, 0.3) is 0 Å². The van der Waals surface area contributed by atoms with Gasteiger partial charge in [-0.15, -0.1) is 0 Å². The highest BCUT2D eigenvalue weighted by Crippen LogP contribution is 2.32. The first-order chi connectivity index (χ1) is 15.0. The molecule has 0 radical (unpaired) electrons. The van der Waals surface area contributed by atoms with E-state index in [9.17, 15) is 31.9 Å². The molecule has 0 bridgehead atoms. The second-order valence-electron chi connectivity index (χ2n) is 6.99.